The zero-order valence-electron chi connectivity index (χ0n) is 14.4. The molecule has 3 rings (SSSR count). The summed E-state index contributed by atoms with van der Waals surface area (Å²) in [6, 6.07) is 12.8. The van der Waals surface area contributed by atoms with Crippen molar-refractivity contribution in [1.29, 1.82) is 0 Å². The lowest BCUT2D eigenvalue weighted by Crippen LogP contribution is -2.38. The predicted molar refractivity (Wildman–Crippen MR) is 108 cm³/mol. The van der Waals surface area contributed by atoms with Crippen molar-refractivity contribution in [1.82, 2.24) is 5.32 Å². The second-order valence-corrected chi connectivity index (χ2v) is 7.85. The van der Waals surface area contributed by atoms with Gasteiger partial charge in [-0.25, -0.2) is 0 Å². The van der Waals surface area contributed by atoms with Crippen LogP contribution < -0.4 is 10.6 Å². The van der Waals surface area contributed by atoms with Crippen LogP contribution >= 0.6 is 27.5 Å². The number of anilines is 1. The molecule has 0 atom stereocenters. The fourth-order valence-electron chi connectivity index (χ4n) is 3.56. The molecule has 4 nitrogen and oxygen atoms in total. The van der Waals surface area contributed by atoms with Crippen molar-refractivity contribution in [2.24, 2.45) is 0 Å². The Morgan fingerprint density at radius 1 is 1.12 bits per heavy atom. The largest absolute Gasteiger partial charge is 0.355 e. The molecule has 0 heterocycles. The lowest BCUT2D eigenvalue weighted by molar-refractivity contribution is -0.121. The van der Waals surface area contributed by atoms with Crippen LogP contribution in [0.1, 0.15) is 41.6 Å². The summed E-state index contributed by atoms with van der Waals surface area (Å²) in [4.78, 5) is 25.1. The van der Waals surface area contributed by atoms with Crippen LogP contribution in [0.2, 0.25) is 5.02 Å². The van der Waals surface area contributed by atoms with Gasteiger partial charge in [-0.15, -0.1) is 0 Å². The maximum Gasteiger partial charge on any atom is 0.251 e. The molecule has 0 saturated heterocycles. The molecule has 0 aromatic heterocycles. The summed E-state index contributed by atoms with van der Waals surface area (Å²) in [7, 11) is 1.57. The Balaban J connectivity index is 1.94. The zero-order chi connectivity index (χ0) is 18.7. The third-order valence-corrected chi connectivity index (χ3v) is 5.80. The highest BCUT2D eigenvalue weighted by Gasteiger charge is 2.43. The van der Waals surface area contributed by atoms with Crippen molar-refractivity contribution in [3.8, 4) is 0 Å². The van der Waals surface area contributed by atoms with Gasteiger partial charge in [0.05, 0.1) is 16.1 Å². The lowest BCUT2D eigenvalue weighted by Gasteiger charge is -2.29. The van der Waals surface area contributed by atoms with Crippen LogP contribution in [0.4, 0.5) is 5.69 Å². The first-order valence-corrected chi connectivity index (χ1v) is 9.72. The fourth-order valence-corrected chi connectivity index (χ4v) is 4.12. The van der Waals surface area contributed by atoms with Crippen molar-refractivity contribution in [3.63, 3.8) is 0 Å². The summed E-state index contributed by atoms with van der Waals surface area (Å²) in [6.07, 6.45) is 3.60. The summed E-state index contributed by atoms with van der Waals surface area (Å²) in [5, 5.41) is 5.95. The second kappa shape index (κ2) is 7.80. The molecule has 0 unspecified atom stereocenters. The Morgan fingerprint density at radius 2 is 1.85 bits per heavy atom. The average Bonchev–Trinajstić information content (AvgIpc) is 3.14. The first kappa shape index (κ1) is 18.9. The maximum absolute atomic E-state index is 13.3. The van der Waals surface area contributed by atoms with Gasteiger partial charge in [-0.3, -0.25) is 9.59 Å². The first-order valence-electron chi connectivity index (χ1n) is 8.55. The smallest absolute Gasteiger partial charge is 0.251 e. The molecule has 0 radical (unpaired) electrons. The van der Waals surface area contributed by atoms with Crippen LogP contribution in [0, 0.1) is 0 Å². The summed E-state index contributed by atoms with van der Waals surface area (Å²) >= 11 is 9.75. The minimum atomic E-state index is -0.573. The SMILES string of the molecule is CNC(=O)c1ccc(Cl)c(NC(=O)C2(c3cccc(Br)c3)CCCC2)c1. The van der Waals surface area contributed by atoms with Gasteiger partial charge in [-0.05, 0) is 48.7 Å². The molecule has 26 heavy (non-hydrogen) atoms. The molecule has 2 N–H and O–H groups in total. The van der Waals surface area contributed by atoms with Crippen LogP contribution in [-0.2, 0) is 10.2 Å². The number of benzene rings is 2. The Kier molecular flexibility index (Phi) is 5.68. The van der Waals surface area contributed by atoms with Crippen LogP contribution in [0.25, 0.3) is 0 Å². The highest BCUT2D eigenvalue weighted by Crippen LogP contribution is 2.43. The quantitative estimate of drug-likeness (QED) is 0.716. The standard InChI is InChI=1S/C20H20BrClN2O2/c1-23-18(25)13-7-8-16(22)17(11-13)24-19(26)20(9-2-3-10-20)14-5-4-6-15(21)12-14/h4-8,11-12H,2-3,9-10H2,1H3,(H,23,25)(H,24,26). The molecule has 136 valence electrons. The van der Waals surface area contributed by atoms with Gasteiger partial charge in [0.2, 0.25) is 5.91 Å². The van der Waals surface area contributed by atoms with E-state index in [0.717, 1.165) is 35.7 Å². The van der Waals surface area contributed by atoms with E-state index in [0.29, 0.717) is 16.3 Å². The van der Waals surface area contributed by atoms with E-state index in [1.54, 1.807) is 25.2 Å². The van der Waals surface area contributed by atoms with E-state index in [2.05, 4.69) is 26.6 Å². The molecule has 0 spiro atoms. The van der Waals surface area contributed by atoms with E-state index in [1.165, 1.54) is 0 Å². The van der Waals surface area contributed by atoms with Gasteiger partial charge in [-0.2, -0.15) is 0 Å². The molecule has 1 aliphatic carbocycles. The Morgan fingerprint density at radius 3 is 2.50 bits per heavy atom. The molecule has 2 amide bonds. The maximum atomic E-state index is 13.3. The van der Waals surface area contributed by atoms with Crippen molar-refractivity contribution in [2.45, 2.75) is 31.1 Å². The van der Waals surface area contributed by atoms with E-state index in [1.807, 2.05) is 24.3 Å². The molecule has 1 saturated carbocycles. The highest BCUT2D eigenvalue weighted by molar-refractivity contribution is 9.10. The van der Waals surface area contributed by atoms with Gasteiger partial charge in [0, 0.05) is 17.1 Å². The zero-order valence-corrected chi connectivity index (χ0v) is 16.8. The summed E-state index contributed by atoms with van der Waals surface area (Å²) in [6.45, 7) is 0. The van der Waals surface area contributed by atoms with Crippen LogP contribution in [0.15, 0.2) is 46.9 Å². The molecule has 0 aliphatic heterocycles. The van der Waals surface area contributed by atoms with Crippen molar-refractivity contribution < 1.29 is 9.59 Å². The van der Waals surface area contributed by atoms with Crippen LogP contribution in [0.5, 0.6) is 0 Å². The van der Waals surface area contributed by atoms with Gasteiger partial charge < -0.3 is 10.6 Å². The minimum absolute atomic E-state index is 0.0796. The van der Waals surface area contributed by atoms with E-state index in [9.17, 15) is 9.59 Å². The Hall–Kier alpha value is -1.85. The number of halogens is 2. The third kappa shape index (κ3) is 3.64. The second-order valence-electron chi connectivity index (χ2n) is 6.53. The van der Waals surface area contributed by atoms with Gasteiger partial charge in [-0.1, -0.05) is 52.5 Å². The third-order valence-electron chi connectivity index (χ3n) is 4.97. The topological polar surface area (TPSA) is 58.2 Å². The summed E-state index contributed by atoms with van der Waals surface area (Å²) < 4.78 is 0.953. The van der Waals surface area contributed by atoms with Crippen LogP contribution in [0.3, 0.4) is 0 Å². The van der Waals surface area contributed by atoms with E-state index < -0.39 is 5.41 Å². The monoisotopic (exact) mass is 434 g/mol. The molecule has 6 heteroatoms. The highest BCUT2D eigenvalue weighted by atomic mass is 79.9. The molecule has 0 bridgehead atoms. The van der Waals surface area contributed by atoms with E-state index in [-0.39, 0.29) is 11.8 Å². The molecule has 1 fully saturated rings. The fraction of sp³-hybridized carbons (Fsp3) is 0.300. The number of hydrogen-bond donors (Lipinski definition) is 2. The summed E-state index contributed by atoms with van der Waals surface area (Å²) in [5.74, 6) is -0.302. The number of carbonyl (C=O) groups is 2. The number of amides is 2. The molecular formula is C20H20BrClN2O2. The molecule has 2 aromatic carbocycles. The van der Waals surface area contributed by atoms with Gasteiger partial charge in [0.15, 0.2) is 0 Å². The molecule has 2 aromatic rings. The molecular weight excluding hydrogens is 416 g/mol. The normalized spacial score (nSPS) is 15.5. The number of nitrogens with one attached hydrogen (secondary N) is 2. The van der Waals surface area contributed by atoms with Gasteiger partial charge in [0.1, 0.15) is 0 Å². The van der Waals surface area contributed by atoms with E-state index >= 15 is 0 Å². The van der Waals surface area contributed by atoms with Gasteiger partial charge >= 0.3 is 0 Å². The summed E-state index contributed by atoms with van der Waals surface area (Å²) in [5.41, 5.74) is 1.34. The Bertz CT molecular complexity index is 847. The first-order chi connectivity index (χ1) is 12.5. The van der Waals surface area contributed by atoms with Crippen molar-refractivity contribution >= 4 is 45.0 Å². The average molecular weight is 436 g/mol. The van der Waals surface area contributed by atoms with Crippen molar-refractivity contribution in [2.75, 3.05) is 12.4 Å². The number of hydrogen-bond acceptors (Lipinski definition) is 2. The minimum Gasteiger partial charge on any atom is -0.355 e. The molecule has 1 aliphatic rings. The number of carbonyl (C=O) groups excluding carboxylic acids is 2. The predicted octanol–water partition coefficient (Wildman–Crippen LogP) is 4.91. The van der Waals surface area contributed by atoms with Gasteiger partial charge in [0.25, 0.3) is 5.91 Å². The van der Waals surface area contributed by atoms with Crippen molar-refractivity contribution in [3.05, 3.63) is 63.1 Å². The Labute approximate surface area is 166 Å². The van der Waals surface area contributed by atoms with E-state index in [4.69, 9.17) is 11.6 Å². The number of rotatable bonds is 4. The lowest BCUT2D eigenvalue weighted by atomic mass is 9.78. The van der Waals surface area contributed by atoms with Crippen LogP contribution in [-0.4, -0.2) is 18.9 Å².